The van der Waals surface area contributed by atoms with Gasteiger partial charge in [-0.1, -0.05) is 48.5 Å². The molecule has 1 heterocycles. The van der Waals surface area contributed by atoms with Gasteiger partial charge < -0.3 is 19.3 Å². The number of carbonyl (C=O) groups excluding carboxylic acids is 2. The van der Waals surface area contributed by atoms with Crippen molar-refractivity contribution in [2.75, 3.05) is 20.8 Å². The van der Waals surface area contributed by atoms with Gasteiger partial charge in [0.25, 0.3) is 0 Å². The number of allylic oxidation sites excluding steroid dienone is 2. The lowest BCUT2D eigenvalue weighted by atomic mass is 9.69. The number of aromatic hydroxyl groups is 1. The maximum absolute atomic E-state index is 13.8. The van der Waals surface area contributed by atoms with Gasteiger partial charge in [-0.2, -0.15) is 0 Å². The van der Waals surface area contributed by atoms with E-state index in [0.717, 1.165) is 11.1 Å². The van der Waals surface area contributed by atoms with E-state index in [1.807, 2.05) is 61.5 Å². The highest BCUT2D eigenvalue weighted by atomic mass is 16.5. The summed E-state index contributed by atoms with van der Waals surface area (Å²) < 4.78 is 16.6. The van der Waals surface area contributed by atoms with Gasteiger partial charge >= 0.3 is 5.97 Å². The van der Waals surface area contributed by atoms with Crippen molar-refractivity contribution in [2.24, 2.45) is 10.9 Å². The number of esters is 1. The van der Waals surface area contributed by atoms with Crippen LogP contribution in [-0.4, -0.2) is 43.4 Å². The normalized spacial score (nSPS) is 20.4. The minimum atomic E-state index is -0.766. The van der Waals surface area contributed by atoms with E-state index in [1.165, 1.54) is 0 Å². The molecule has 0 spiro atoms. The lowest BCUT2D eigenvalue weighted by Gasteiger charge is -2.36. The van der Waals surface area contributed by atoms with E-state index < -0.39 is 17.8 Å². The summed E-state index contributed by atoms with van der Waals surface area (Å²) in [7, 11) is 3.17. The number of nitrogens with zero attached hydrogens (tertiary/aromatic N) is 1. The topological polar surface area (TPSA) is 94.4 Å². The summed E-state index contributed by atoms with van der Waals surface area (Å²) >= 11 is 0. The zero-order valence-corrected chi connectivity index (χ0v) is 22.9. The fourth-order valence-corrected chi connectivity index (χ4v) is 5.79. The third-order valence-corrected chi connectivity index (χ3v) is 7.73. The van der Waals surface area contributed by atoms with Gasteiger partial charge in [0.1, 0.15) is 11.7 Å². The predicted molar refractivity (Wildman–Crippen MR) is 152 cm³/mol. The van der Waals surface area contributed by atoms with Gasteiger partial charge in [-0.05, 0) is 60.2 Å². The summed E-state index contributed by atoms with van der Waals surface area (Å²) in [6.07, 6.45) is 1.40. The van der Waals surface area contributed by atoms with E-state index in [2.05, 4.69) is 0 Å². The van der Waals surface area contributed by atoms with Crippen LogP contribution < -0.4 is 9.47 Å². The summed E-state index contributed by atoms with van der Waals surface area (Å²) in [6, 6.07) is 22.3. The van der Waals surface area contributed by atoms with E-state index in [1.54, 1.807) is 32.4 Å². The highest BCUT2D eigenvalue weighted by Gasteiger charge is 2.45. The fraction of sp³-hybridized carbons (Fsp3) is 0.303. The molecule has 0 radical (unpaired) electrons. The summed E-state index contributed by atoms with van der Waals surface area (Å²) in [5.41, 5.74) is 4.51. The first kappa shape index (κ1) is 27.2. The predicted octanol–water partition coefficient (Wildman–Crippen LogP) is 5.77. The number of methoxy groups -OCH3 is 2. The second kappa shape index (κ2) is 11.8. The number of phenols is 1. The first-order chi connectivity index (χ1) is 19.4. The molecule has 7 nitrogen and oxygen atoms in total. The van der Waals surface area contributed by atoms with E-state index >= 15 is 0 Å². The Kier molecular flexibility index (Phi) is 8.01. The summed E-state index contributed by atoms with van der Waals surface area (Å²) in [4.78, 5) is 32.2. The molecule has 1 N–H and O–H groups in total. The van der Waals surface area contributed by atoms with Gasteiger partial charge in [0.2, 0.25) is 0 Å². The van der Waals surface area contributed by atoms with Crippen LogP contribution in [0.4, 0.5) is 0 Å². The molecule has 0 fully saturated rings. The molecule has 206 valence electrons. The van der Waals surface area contributed by atoms with Gasteiger partial charge in [-0.3, -0.25) is 14.6 Å². The number of carbonyl (C=O) groups is 2. The van der Waals surface area contributed by atoms with Crippen LogP contribution >= 0.6 is 0 Å². The average Bonchev–Trinajstić information content (AvgIpc) is 2.96. The number of hydrogen-bond acceptors (Lipinski definition) is 7. The van der Waals surface area contributed by atoms with Crippen molar-refractivity contribution in [3.63, 3.8) is 0 Å². The van der Waals surface area contributed by atoms with Crippen molar-refractivity contribution < 1.29 is 28.9 Å². The van der Waals surface area contributed by atoms with E-state index in [0.29, 0.717) is 46.9 Å². The van der Waals surface area contributed by atoms with Crippen molar-refractivity contribution >= 4 is 17.5 Å². The van der Waals surface area contributed by atoms with Gasteiger partial charge in [0.05, 0.1) is 20.8 Å². The first-order valence-electron chi connectivity index (χ1n) is 13.4. The molecule has 0 amide bonds. The quantitative estimate of drug-likeness (QED) is 0.365. The highest BCUT2D eigenvalue weighted by molar-refractivity contribution is 6.09. The molecule has 1 aliphatic carbocycles. The van der Waals surface area contributed by atoms with Crippen LogP contribution in [0.1, 0.15) is 48.3 Å². The Hall–Kier alpha value is -4.39. The van der Waals surface area contributed by atoms with Crippen molar-refractivity contribution in [1.82, 2.24) is 0 Å². The molecular weight excluding hydrogens is 506 g/mol. The average molecular weight is 540 g/mol. The Morgan fingerprint density at radius 1 is 0.925 bits per heavy atom. The maximum atomic E-state index is 13.8. The zero-order valence-electron chi connectivity index (χ0n) is 22.9. The smallest absolute Gasteiger partial charge is 0.315 e. The number of ketones is 1. The van der Waals surface area contributed by atoms with Crippen molar-refractivity contribution in [3.8, 4) is 17.2 Å². The Labute approximate surface area is 234 Å². The van der Waals surface area contributed by atoms with Crippen LogP contribution in [-0.2, 0) is 20.7 Å². The fourth-order valence-electron chi connectivity index (χ4n) is 5.79. The van der Waals surface area contributed by atoms with Crippen LogP contribution in [0, 0.1) is 5.92 Å². The minimum Gasteiger partial charge on any atom is -0.508 e. The van der Waals surface area contributed by atoms with E-state index in [9.17, 15) is 14.7 Å². The van der Waals surface area contributed by atoms with Crippen molar-refractivity contribution in [2.45, 2.75) is 38.0 Å². The Morgan fingerprint density at radius 2 is 1.70 bits per heavy atom. The maximum Gasteiger partial charge on any atom is 0.315 e. The van der Waals surface area contributed by atoms with Crippen LogP contribution in [0.25, 0.3) is 0 Å². The molecule has 3 atom stereocenters. The summed E-state index contributed by atoms with van der Waals surface area (Å²) in [5.74, 6) is -0.645. The van der Waals surface area contributed by atoms with Crippen LogP contribution in [0.5, 0.6) is 17.2 Å². The number of rotatable bonds is 8. The number of hydrogen-bond donors (Lipinski definition) is 1. The van der Waals surface area contributed by atoms with Gasteiger partial charge in [0, 0.05) is 35.7 Å². The largest absolute Gasteiger partial charge is 0.508 e. The molecule has 1 aliphatic heterocycles. The van der Waals surface area contributed by atoms with E-state index in [4.69, 9.17) is 19.2 Å². The molecule has 0 saturated carbocycles. The van der Waals surface area contributed by atoms with Gasteiger partial charge in [0.15, 0.2) is 17.3 Å². The third-order valence-electron chi connectivity index (χ3n) is 7.73. The standard InChI is InChI=1S/C33H33NO6/c1-20-30(33(37)40-15-14-21-8-5-4-6-9-21)31(23-10-7-11-25(35)16-23)32-26(34-20)17-24(18-27(32)36)22-12-13-28(38-2)29(19-22)39-3/h4-13,16,19,24,30-31,35H,14-15,17-18H2,1-3H3/t24-,30?,31+/m0/s1. The second-order valence-electron chi connectivity index (χ2n) is 10.2. The highest BCUT2D eigenvalue weighted by Crippen LogP contribution is 2.47. The molecular formula is C33H33NO6. The third kappa shape index (κ3) is 5.50. The molecule has 3 aromatic carbocycles. The van der Waals surface area contributed by atoms with Crippen LogP contribution in [0.2, 0.25) is 0 Å². The molecule has 2 aliphatic rings. The molecule has 0 saturated heterocycles. The molecule has 7 heteroatoms. The minimum absolute atomic E-state index is 0.0623. The monoisotopic (exact) mass is 539 g/mol. The lowest BCUT2D eigenvalue weighted by Crippen LogP contribution is -2.38. The number of ether oxygens (including phenoxy) is 3. The van der Waals surface area contributed by atoms with E-state index in [-0.39, 0.29) is 30.5 Å². The number of phenolic OH excluding ortho intramolecular Hbond substituents is 1. The van der Waals surface area contributed by atoms with Crippen LogP contribution in [0.15, 0.2) is 89.1 Å². The Balaban J connectivity index is 1.46. The summed E-state index contributed by atoms with van der Waals surface area (Å²) in [6.45, 7) is 2.04. The van der Waals surface area contributed by atoms with Gasteiger partial charge in [-0.15, -0.1) is 0 Å². The SMILES string of the molecule is COc1ccc([C@@H]2CC(=O)C3=C(C2)N=C(C)C(C(=O)OCCc2ccccc2)[C@H]3c2cccc(O)c2)cc1OC. The van der Waals surface area contributed by atoms with Crippen molar-refractivity contribution in [1.29, 1.82) is 0 Å². The molecule has 0 bridgehead atoms. The second-order valence-corrected chi connectivity index (χ2v) is 10.2. The zero-order chi connectivity index (χ0) is 28.2. The van der Waals surface area contributed by atoms with Crippen molar-refractivity contribution in [3.05, 3.63) is 101 Å². The number of benzene rings is 3. The van der Waals surface area contributed by atoms with Crippen LogP contribution in [0.3, 0.4) is 0 Å². The number of aliphatic imine (C=N–C) groups is 1. The summed E-state index contributed by atoms with van der Waals surface area (Å²) in [5, 5.41) is 10.3. The molecule has 5 rings (SSSR count). The molecule has 3 aromatic rings. The van der Waals surface area contributed by atoms with Gasteiger partial charge in [-0.25, -0.2) is 0 Å². The Morgan fingerprint density at radius 3 is 2.42 bits per heavy atom. The number of Topliss-reactive ketones (excluding diaryl/α,β-unsaturated/α-hetero) is 1. The Bertz CT molecular complexity index is 1480. The molecule has 0 aromatic heterocycles. The first-order valence-corrected chi connectivity index (χ1v) is 13.4. The lowest BCUT2D eigenvalue weighted by molar-refractivity contribution is -0.146. The molecule has 40 heavy (non-hydrogen) atoms. The molecule has 1 unspecified atom stereocenters.